The minimum absolute atomic E-state index is 0.157. The minimum atomic E-state index is -0.351. The third kappa shape index (κ3) is 6.82. The summed E-state index contributed by atoms with van der Waals surface area (Å²) in [5, 5.41) is 3.95. The zero-order valence-corrected chi connectivity index (χ0v) is 15.6. The van der Waals surface area contributed by atoms with Gasteiger partial charge in [-0.3, -0.25) is 4.79 Å². The van der Waals surface area contributed by atoms with E-state index in [9.17, 15) is 4.79 Å². The van der Waals surface area contributed by atoms with Crippen molar-refractivity contribution in [2.75, 3.05) is 13.7 Å². The van der Waals surface area contributed by atoms with Crippen LogP contribution in [0, 0.1) is 0 Å². The summed E-state index contributed by atoms with van der Waals surface area (Å²) in [4.78, 5) is 11.9. The quantitative estimate of drug-likeness (QED) is 0.415. The molecule has 0 radical (unpaired) electrons. The largest absolute Gasteiger partial charge is 0.493 e. The standard InChI is InChI=1S/C22H24N2O3/c1-4-8-18-11-12-20(21(14-18)26-3)27-16-22(25)24-23-15-17(2)13-19-9-6-5-7-10-19/h4-7,9-15H,1,8,16H2,2-3H3,(H,24,25)/b17-13-,23-15+. The number of nitrogens with one attached hydrogen (secondary N) is 1. The summed E-state index contributed by atoms with van der Waals surface area (Å²) in [6.07, 6.45) is 6.12. The molecule has 0 atom stereocenters. The van der Waals surface area contributed by atoms with Gasteiger partial charge in [-0.15, -0.1) is 6.58 Å². The van der Waals surface area contributed by atoms with Crippen LogP contribution in [0.25, 0.3) is 6.08 Å². The molecular formula is C22H24N2O3. The maximum absolute atomic E-state index is 11.9. The fourth-order valence-electron chi connectivity index (χ4n) is 2.36. The van der Waals surface area contributed by atoms with Crippen molar-refractivity contribution in [2.45, 2.75) is 13.3 Å². The van der Waals surface area contributed by atoms with Crippen LogP contribution in [0.2, 0.25) is 0 Å². The molecule has 0 spiro atoms. The molecule has 2 aromatic carbocycles. The number of allylic oxidation sites excluding steroid dienone is 2. The van der Waals surface area contributed by atoms with Gasteiger partial charge in [0.25, 0.3) is 5.91 Å². The molecule has 0 aliphatic carbocycles. The van der Waals surface area contributed by atoms with Gasteiger partial charge < -0.3 is 9.47 Å². The summed E-state index contributed by atoms with van der Waals surface area (Å²) in [6, 6.07) is 15.4. The number of amides is 1. The van der Waals surface area contributed by atoms with Crippen LogP contribution in [0.4, 0.5) is 0 Å². The number of hydrogen-bond donors (Lipinski definition) is 1. The molecule has 0 saturated carbocycles. The number of hydrogen-bond acceptors (Lipinski definition) is 4. The highest BCUT2D eigenvalue weighted by atomic mass is 16.5. The molecule has 0 aromatic heterocycles. The van der Waals surface area contributed by atoms with Gasteiger partial charge in [0.15, 0.2) is 18.1 Å². The molecule has 0 aliphatic heterocycles. The highest BCUT2D eigenvalue weighted by Gasteiger charge is 2.08. The van der Waals surface area contributed by atoms with Crippen LogP contribution in [0.1, 0.15) is 18.1 Å². The minimum Gasteiger partial charge on any atom is -0.493 e. The number of ether oxygens (including phenoxy) is 2. The van der Waals surface area contributed by atoms with Gasteiger partial charge in [0, 0.05) is 0 Å². The van der Waals surface area contributed by atoms with Gasteiger partial charge in [-0.05, 0) is 42.2 Å². The molecule has 2 aromatic rings. The SMILES string of the molecule is C=CCc1ccc(OCC(=O)N/N=C/C(C)=C\c2ccccc2)c(OC)c1. The summed E-state index contributed by atoms with van der Waals surface area (Å²) < 4.78 is 10.8. The zero-order valence-electron chi connectivity index (χ0n) is 15.6. The maximum Gasteiger partial charge on any atom is 0.277 e. The normalized spacial score (nSPS) is 11.3. The van der Waals surface area contributed by atoms with E-state index in [4.69, 9.17) is 9.47 Å². The van der Waals surface area contributed by atoms with Crippen molar-refractivity contribution in [3.8, 4) is 11.5 Å². The van der Waals surface area contributed by atoms with E-state index >= 15 is 0 Å². The van der Waals surface area contributed by atoms with Crippen LogP contribution in [-0.2, 0) is 11.2 Å². The van der Waals surface area contributed by atoms with Crippen molar-refractivity contribution in [3.63, 3.8) is 0 Å². The molecule has 0 saturated heterocycles. The van der Waals surface area contributed by atoms with Crippen LogP contribution < -0.4 is 14.9 Å². The van der Waals surface area contributed by atoms with Crippen molar-refractivity contribution < 1.29 is 14.3 Å². The highest BCUT2D eigenvalue weighted by Crippen LogP contribution is 2.28. The number of nitrogens with zero attached hydrogens (tertiary/aromatic N) is 1. The van der Waals surface area contributed by atoms with Gasteiger partial charge in [0.2, 0.25) is 0 Å². The summed E-state index contributed by atoms with van der Waals surface area (Å²) >= 11 is 0. The van der Waals surface area contributed by atoms with Crippen molar-refractivity contribution in [1.82, 2.24) is 5.43 Å². The van der Waals surface area contributed by atoms with E-state index < -0.39 is 0 Å². The van der Waals surface area contributed by atoms with Crippen LogP contribution >= 0.6 is 0 Å². The second kappa shape index (κ2) is 10.6. The van der Waals surface area contributed by atoms with E-state index in [1.807, 2.05) is 61.5 Å². The number of benzene rings is 2. The Morgan fingerprint density at radius 2 is 1.96 bits per heavy atom. The topological polar surface area (TPSA) is 59.9 Å². The second-order valence-electron chi connectivity index (χ2n) is 5.86. The number of carbonyl (C=O) groups excluding carboxylic acids is 1. The first-order chi connectivity index (χ1) is 13.1. The molecule has 0 fully saturated rings. The Balaban J connectivity index is 1.85. The highest BCUT2D eigenvalue weighted by molar-refractivity contribution is 5.86. The average molecular weight is 364 g/mol. The molecule has 2 rings (SSSR count). The van der Waals surface area contributed by atoms with Crippen LogP contribution in [-0.4, -0.2) is 25.8 Å². The first-order valence-corrected chi connectivity index (χ1v) is 8.58. The third-order valence-electron chi connectivity index (χ3n) is 3.62. The fraction of sp³-hybridized carbons (Fsp3) is 0.182. The Kier molecular flexibility index (Phi) is 7.85. The van der Waals surface area contributed by atoms with Gasteiger partial charge >= 0.3 is 0 Å². The Labute approximate surface area is 160 Å². The van der Waals surface area contributed by atoms with Crippen molar-refractivity contribution in [1.29, 1.82) is 0 Å². The maximum atomic E-state index is 11.9. The second-order valence-corrected chi connectivity index (χ2v) is 5.86. The van der Waals surface area contributed by atoms with Crippen LogP contribution in [0.3, 0.4) is 0 Å². The molecule has 1 amide bonds. The third-order valence-corrected chi connectivity index (χ3v) is 3.62. The first-order valence-electron chi connectivity index (χ1n) is 8.58. The Morgan fingerprint density at radius 1 is 1.19 bits per heavy atom. The van der Waals surface area contributed by atoms with E-state index in [0.29, 0.717) is 11.5 Å². The van der Waals surface area contributed by atoms with Gasteiger partial charge in [0.05, 0.1) is 13.3 Å². The Morgan fingerprint density at radius 3 is 2.67 bits per heavy atom. The van der Waals surface area contributed by atoms with E-state index in [0.717, 1.165) is 23.1 Å². The fourth-order valence-corrected chi connectivity index (χ4v) is 2.36. The number of hydrazone groups is 1. The van der Waals surface area contributed by atoms with Crippen LogP contribution in [0.15, 0.2) is 71.9 Å². The lowest BCUT2D eigenvalue weighted by Gasteiger charge is -2.11. The predicted molar refractivity (Wildman–Crippen MR) is 109 cm³/mol. The first kappa shape index (κ1) is 20.0. The smallest absolute Gasteiger partial charge is 0.277 e. The lowest BCUT2D eigenvalue weighted by Crippen LogP contribution is -2.24. The molecular weight excluding hydrogens is 340 g/mol. The monoisotopic (exact) mass is 364 g/mol. The Bertz CT molecular complexity index is 827. The van der Waals surface area contributed by atoms with Crippen LogP contribution in [0.5, 0.6) is 11.5 Å². The van der Waals surface area contributed by atoms with Crippen molar-refractivity contribution >= 4 is 18.2 Å². The number of carbonyl (C=O) groups is 1. The lowest BCUT2D eigenvalue weighted by molar-refractivity contribution is -0.123. The zero-order chi connectivity index (χ0) is 19.5. The predicted octanol–water partition coefficient (Wildman–Crippen LogP) is 4.01. The summed E-state index contributed by atoms with van der Waals surface area (Å²) in [7, 11) is 1.56. The van der Waals surface area contributed by atoms with Crippen molar-refractivity contribution in [3.05, 3.63) is 77.9 Å². The van der Waals surface area contributed by atoms with Gasteiger partial charge in [-0.2, -0.15) is 5.10 Å². The molecule has 0 heterocycles. The molecule has 5 nitrogen and oxygen atoms in total. The summed E-state index contributed by atoms with van der Waals surface area (Å²) in [5.41, 5.74) is 5.50. The molecule has 5 heteroatoms. The van der Waals surface area contributed by atoms with Gasteiger partial charge in [0.1, 0.15) is 0 Å². The molecule has 1 N–H and O–H groups in total. The van der Waals surface area contributed by atoms with E-state index in [-0.39, 0.29) is 12.5 Å². The van der Waals surface area contributed by atoms with E-state index in [1.165, 1.54) is 0 Å². The van der Waals surface area contributed by atoms with E-state index in [1.54, 1.807) is 19.4 Å². The average Bonchev–Trinajstić information content (AvgIpc) is 2.68. The lowest BCUT2D eigenvalue weighted by atomic mass is 10.1. The Hall–Kier alpha value is -3.34. The molecule has 140 valence electrons. The summed E-state index contributed by atoms with van der Waals surface area (Å²) in [5.74, 6) is 0.730. The summed E-state index contributed by atoms with van der Waals surface area (Å²) in [6.45, 7) is 5.47. The molecule has 0 aliphatic rings. The van der Waals surface area contributed by atoms with Crippen molar-refractivity contribution in [2.24, 2.45) is 5.10 Å². The number of methoxy groups -OCH3 is 1. The van der Waals surface area contributed by atoms with Gasteiger partial charge in [-0.1, -0.05) is 48.6 Å². The molecule has 0 unspecified atom stereocenters. The van der Waals surface area contributed by atoms with Gasteiger partial charge in [-0.25, -0.2) is 5.43 Å². The van der Waals surface area contributed by atoms with E-state index in [2.05, 4.69) is 17.1 Å². The number of rotatable bonds is 9. The molecule has 0 bridgehead atoms. The molecule has 27 heavy (non-hydrogen) atoms.